The van der Waals surface area contributed by atoms with Crippen LogP contribution < -0.4 is 0 Å². The lowest BCUT2D eigenvalue weighted by Crippen LogP contribution is -2.34. The Morgan fingerprint density at radius 2 is 1.86 bits per heavy atom. The van der Waals surface area contributed by atoms with E-state index < -0.39 is 5.97 Å². The SMILES string of the molecule is O=C(O)CCC1CCN(C(=O)C2Cc3ccccc3C2)C1. The van der Waals surface area contributed by atoms with Gasteiger partial charge in [-0.05, 0) is 42.7 Å². The standard InChI is InChI=1S/C17H21NO3/c19-16(20)6-5-12-7-8-18(11-12)17(21)15-9-13-3-1-2-4-14(13)10-15/h1-4,12,15H,5-11H2,(H,19,20). The Labute approximate surface area is 124 Å². The second kappa shape index (κ2) is 5.88. The lowest BCUT2D eigenvalue weighted by molar-refractivity contribution is -0.137. The molecule has 1 amide bonds. The van der Waals surface area contributed by atoms with Gasteiger partial charge in [-0.2, -0.15) is 0 Å². The van der Waals surface area contributed by atoms with Crippen LogP contribution in [0.15, 0.2) is 24.3 Å². The zero-order valence-corrected chi connectivity index (χ0v) is 12.1. The summed E-state index contributed by atoms with van der Waals surface area (Å²) >= 11 is 0. The van der Waals surface area contributed by atoms with Gasteiger partial charge in [0.15, 0.2) is 0 Å². The number of carbonyl (C=O) groups is 2. The molecule has 1 heterocycles. The first-order valence-corrected chi connectivity index (χ1v) is 7.71. The topological polar surface area (TPSA) is 57.6 Å². The Bertz CT molecular complexity index is 530. The smallest absolute Gasteiger partial charge is 0.303 e. The van der Waals surface area contributed by atoms with E-state index in [4.69, 9.17) is 5.11 Å². The van der Waals surface area contributed by atoms with E-state index in [1.54, 1.807) is 0 Å². The molecule has 0 aromatic heterocycles. The number of likely N-dealkylation sites (tertiary alicyclic amines) is 1. The molecule has 0 spiro atoms. The van der Waals surface area contributed by atoms with E-state index in [-0.39, 0.29) is 18.2 Å². The molecule has 0 saturated carbocycles. The third-order valence-electron chi connectivity index (χ3n) is 4.76. The molecule has 21 heavy (non-hydrogen) atoms. The fourth-order valence-electron chi connectivity index (χ4n) is 3.59. The molecule has 1 aliphatic heterocycles. The van der Waals surface area contributed by atoms with Crippen molar-refractivity contribution in [3.05, 3.63) is 35.4 Å². The molecule has 1 saturated heterocycles. The van der Waals surface area contributed by atoms with Gasteiger partial charge in [0.2, 0.25) is 5.91 Å². The van der Waals surface area contributed by atoms with E-state index in [2.05, 4.69) is 12.1 Å². The first kappa shape index (κ1) is 14.1. The summed E-state index contributed by atoms with van der Waals surface area (Å²) in [6.45, 7) is 1.52. The van der Waals surface area contributed by atoms with Crippen molar-refractivity contribution in [2.45, 2.75) is 32.1 Å². The van der Waals surface area contributed by atoms with Crippen molar-refractivity contribution in [3.63, 3.8) is 0 Å². The molecular weight excluding hydrogens is 266 g/mol. The Morgan fingerprint density at radius 3 is 2.48 bits per heavy atom. The summed E-state index contributed by atoms with van der Waals surface area (Å²) < 4.78 is 0. The summed E-state index contributed by atoms with van der Waals surface area (Å²) in [6.07, 6.45) is 3.54. The highest BCUT2D eigenvalue weighted by molar-refractivity contribution is 5.80. The minimum absolute atomic E-state index is 0.0839. The van der Waals surface area contributed by atoms with Gasteiger partial charge in [-0.1, -0.05) is 24.3 Å². The van der Waals surface area contributed by atoms with E-state index in [1.165, 1.54) is 11.1 Å². The van der Waals surface area contributed by atoms with Crippen LogP contribution in [0.4, 0.5) is 0 Å². The fraction of sp³-hybridized carbons (Fsp3) is 0.529. The average molecular weight is 287 g/mol. The number of nitrogens with zero attached hydrogens (tertiary/aromatic N) is 1. The maximum absolute atomic E-state index is 12.6. The molecule has 1 fully saturated rings. The maximum atomic E-state index is 12.6. The van der Waals surface area contributed by atoms with Crippen LogP contribution in [0.5, 0.6) is 0 Å². The van der Waals surface area contributed by atoms with Crippen LogP contribution >= 0.6 is 0 Å². The summed E-state index contributed by atoms with van der Waals surface area (Å²) in [4.78, 5) is 25.2. The molecule has 1 aromatic rings. The Balaban J connectivity index is 1.55. The average Bonchev–Trinajstić information content (AvgIpc) is 3.11. The van der Waals surface area contributed by atoms with Crippen molar-refractivity contribution >= 4 is 11.9 Å². The van der Waals surface area contributed by atoms with Gasteiger partial charge in [0, 0.05) is 25.4 Å². The number of fused-ring (bicyclic) bond motifs is 1. The van der Waals surface area contributed by atoms with Gasteiger partial charge in [0.05, 0.1) is 0 Å². The Hall–Kier alpha value is -1.84. The predicted molar refractivity (Wildman–Crippen MR) is 78.9 cm³/mol. The lowest BCUT2D eigenvalue weighted by atomic mass is 10.0. The summed E-state index contributed by atoms with van der Waals surface area (Å²) in [5.74, 6) is -0.0514. The first-order valence-electron chi connectivity index (χ1n) is 7.71. The van der Waals surface area contributed by atoms with E-state index in [1.807, 2.05) is 17.0 Å². The molecule has 0 radical (unpaired) electrons. The number of carboxylic acid groups (broad SMARTS) is 1. The van der Waals surface area contributed by atoms with Crippen LogP contribution in [-0.4, -0.2) is 35.0 Å². The first-order chi connectivity index (χ1) is 10.1. The summed E-state index contributed by atoms with van der Waals surface area (Å²) in [6, 6.07) is 8.29. The largest absolute Gasteiger partial charge is 0.481 e. The number of carboxylic acids is 1. The van der Waals surface area contributed by atoms with Gasteiger partial charge >= 0.3 is 5.97 Å². The molecule has 112 valence electrons. The molecule has 1 atom stereocenters. The van der Waals surface area contributed by atoms with Crippen molar-refractivity contribution in [2.24, 2.45) is 11.8 Å². The third-order valence-corrected chi connectivity index (χ3v) is 4.76. The Morgan fingerprint density at radius 1 is 1.19 bits per heavy atom. The van der Waals surface area contributed by atoms with Crippen LogP contribution in [0.25, 0.3) is 0 Å². The van der Waals surface area contributed by atoms with Crippen LogP contribution in [0, 0.1) is 11.8 Å². The molecule has 3 rings (SSSR count). The predicted octanol–water partition coefficient (Wildman–Crippen LogP) is 2.11. The second-order valence-corrected chi connectivity index (χ2v) is 6.25. The van der Waals surface area contributed by atoms with Gasteiger partial charge in [0.1, 0.15) is 0 Å². The van der Waals surface area contributed by atoms with Crippen molar-refractivity contribution in [2.75, 3.05) is 13.1 Å². The molecule has 1 aliphatic carbocycles. The van der Waals surface area contributed by atoms with Gasteiger partial charge in [-0.25, -0.2) is 0 Å². The minimum atomic E-state index is -0.744. The molecule has 1 unspecified atom stereocenters. The second-order valence-electron chi connectivity index (χ2n) is 6.25. The number of hydrogen-bond donors (Lipinski definition) is 1. The number of benzene rings is 1. The van der Waals surface area contributed by atoms with E-state index in [0.29, 0.717) is 12.3 Å². The third kappa shape index (κ3) is 3.09. The number of rotatable bonds is 4. The van der Waals surface area contributed by atoms with Crippen LogP contribution in [0.2, 0.25) is 0 Å². The van der Waals surface area contributed by atoms with Gasteiger partial charge in [-0.3, -0.25) is 9.59 Å². The number of aliphatic carboxylic acids is 1. The zero-order valence-electron chi connectivity index (χ0n) is 12.1. The highest BCUT2D eigenvalue weighted by Crippen LogP contribution is 2.30. The lowest BCUT2D eigenvalue weighted by Gasteiger charge is -2.20. The summed E-state index contributed by atoms with van der Waals surface area (Å²) in [7, 11) is 0. The van der Waals surface area contributed by atoms with Gasteiger partial charge in [-0.15, -0.1) is 0 Å². The van der Waals surface area contributed by atoms with Crippen LogP contribution in [-0.2, 0) is 22.4 Å². The summed E-state index contributed by atoms with van der Waals surface area (Å²) in [5.41, 5.74) is 2.61. The van der Waals surface area contributed by atoms with Gasteiger partial charge < -0.3 is 10.0 Å². The van der Waals surface area contributed by atoms with Crippen molar-refractivity contribution in [1.82, 2.24) is 4.90 Å². The maximum Gasteiger partial charge on any atom is 0.303 e. The highest BCUT2D eigenvalue weighted by atomic mass is 16.4. The molecule has 1 N–H and O–H groups in total. The molecule has 0 bridgehead atoms. The van der Waals surface area contributed by atoms with Crippen LogP contribution in [0.3, 0.4) is 0 Å². The number of carbonyl (C=O) groups excluding carboxylic acids is 1. The van der Waals surface area contributed by atoms with Crippen LogP contribution in [0.1, 0.15) is 30.4 Å². The van der Waals surface area contributed by atoms with E-state index in [9.17, 15) is 9.59 Å². The fourth-order valence-corrected chi connectivity index (χ4v) is 3.59. The monoisotopic (exact) mass is 287 g/mol. The quantitative estimate of drug-likeness (QED) is 0.922. The number of amides is 1. The molecule has 2 aliphatic rings. The summed E-state index contributed by atoms with van der Waals surface area (Å²) in [5, 5.41) is 8.74. The van der Waals surface area contributed by atoms with Gasteiger partial charge in [0.25, 0.3) is 0 Å². The van der Waals surface area contributed by atoms with Crippen molar-refractivity contribution < 1.29 is 14.7 Å². The highest BCUT2D eigenvalue weighted by Gasteiger charge is 2.34. The molecule has 4 nitrogen and oxygen atoms in total. The molecule has 4 heteroatoms. The number of hydrogen-bond acceptors (Lipinski definition) is 2. The zero-order chi connectivity index (χ0) is 14.8. The molecular formula is C17H21NO3. The van der Waals surface area contributed by atoms with Crippen molar-refractivity contribution in [3.8, 4) is 0 Å². The van der Waals surface area contributed by atoms with E-state index >= 15 is 0 Å². The van der Waals surface area contributed by atoms with E-state index in [0.717, 1.165) is 32.4 Å². The molecule has 1 aromatic carbocycles. The minimum Gasteiger partial charge on any atom is -0.481 e. The normalized spacial score (nSPS) is 21.5. The van der Waals surface area contributed by atoms with Crippen molar-refractivity contribution in [1.29, 1.82) is 0 Å². The Kier molecular flexibility index (Phi) is 3.95.